The standard InChI is InChI=1S/C22H24N2O4S/c1-4-5-6-14-7-9-16(10-8-14)23-22-24-21(26)19(29-22)13-15-11-17(27-2)20(25)18(12-15)28-3/h7-13,25H,4-6H2,1-3H3,(H,23,24,26)/b19-13-. The lowest BCUT2D eigenvalue weighted by atomic mass is 10.1. The molecule has 0 saturated carbocycles. The molecular formula is C22H24N2O4S. The van der Waals surface area contributed by atoms with Crippen LogP contribution in [-0.2, 0) is 11.2 Å². The summed E-state index contributed by atoms with van der Waals surface area (Å²) in [6.45, 7) is 2.18. The van der Waals surface area contributed by atoms with E-state index in [0.717, 1.165) is 12.1 Å². The van der Waals surface area contributed by atoms with Crippen molar-refractivity contribution in [2.24, 2.45) is 4.99 Å². The second-order valence-corrected chi connectivity index (χ2v) is 7.56. The quantitative estimate of drug-likeness (QED) is 0.648. The molecule has 0 spiro atoms. The van der Waals surface area contributed by atoms with Crippen molar-refractivity contribution < 1.29 is 19.4 Å². The SMILES string of the molecule is CCCCc1ccc(N=C2NC(=O)/C(=C/c3cc(OC)c(O)c(OC)c3)S2)cc1. The second-order valence-electron chi connectivity index (χ2n) is 6.53. The number of aliphatic imine (C=N–C) groups is 1. The highest BCUT2D eigenvalue weighted by atomic mass is 32.2. The number of phenols is 1. The molecule has 1 amide bonds. The Kier molecular flexibility index (Phi) is 6.82. The highest BCUT2D eigenvalue weighted by Gasteiger charge is 2.24. The summed E-state index contributed by atoms with van der Waals surface area (Å²) in [4.78, 5) is 17.4. The maximum absolute atomic E-state index is 12.3. The fraction of sp³-hybridized carbons (Fsp3) is 0.273. The average molecular weight is 413 g/mol. The minimum atomic E-state index is -0.223. The third-order valence-electron chi connectivity index (χ3n) is 4.44. The molecule has 1 fully saturated rings. The smallest absolute Gasteiger partial charge is 0.264 e. The summed E-state index contributed by atoms with van der Waals surface area (Å²) in [6, 6.07) is 11.3. The number of carbonyl (C=O) groups is 1. The van der Waals surface area contributed by atoms with E-state index in [9.17, 15) is 9.90 Å². The van der Waals surface area contributed by atoms with E-state index in [0.29, 0.717) is 15.6 Å². The number of benzene rings is 2. The highest BCUT2D eigenvalue weighted by Crippen LogP contribution is 2.38. The van der Waals surface area contributed by atoms with E-state index in [4.69, 9.17) is 9.47 Å². The van der Waals surface area contributed by atoms with E-state index in [1.165, 1.54) is 44.4 Å². The van der Waals surface area contributed by atoms with E-state index >= 15 is 0 Å². The molecule has 0 atom stereocenters. The van der Waals surface area contributed by atoms with Gasteiger partial charge in [-0.15, -0.1) is 0 Å². The number of hydrogen-bond donors (Lipinski definition) is 2. The summed E-state index contributed by atoms with van der Waals surface area (Å²) >= 11 is 1.26. The maximum Gasteiger partial charge on any atom is 0.264 e. The van der Waals surface area contributed by atoms with Crippen molar-refractivity contribution in [1.82, 2.24) is 5.32 Å². The van der Waals surface area contributed by atoms with Crippen LogP contribution in [0.3, 0.4) is 0 Å². The van der Waals surface area contributed by atoms with E-state index < -0.39 is 0 Å². The number of amidine groups is 1. The van der Waals surface area contributed by atoms with Crippen LogP contribution in [0, 0.1) is 0 Å². The van der Waals surface area contributed by atoms with E-state index in [1.807, 2.05) is 12.1 Å². The Labute approximate surface area is 174 Å². The van der Waals surface area contributed by atoms with Crippen LogP contribution in [-0.4, -0.2) is 30.4 Å². The van der Waals surface area contributed by atoms with Crippen molar-refractivity contribution in [1.29, 1.82) is 0 Å². The minimum Gasteiger partial charge on any atom is -0.502 e. The zero-order valence-corrected chi connectivity index (χ0v) is 17.5. The maximum atomic E-state index is 12.3. The van der Waals surface area contributed by atoms with Gasteiger partial charge in [-0.2, -0.15) is 0 Å². The molecule has 1 aliphatic heterocycles. The zero-order chi connectivity index (χ0) is 20.8. The molecule has 0 radical (unpaired) electrons. The molecule has 1 heterocycles. The van der Waals surface area contributed by atoms with Crippen LogP contribution >= 0.6 is 11.8 Å². The minimum absolute atomic E-state index is 0.0784. The summed E-state index contributed by atoms with van der Waals surface area (Å²) in [5.74, 6) is 0.248. The highest BCUT2D eigenvalue weighted by molar-refractivity contribution is 8.18. The van der Waals surface area contributed by atoms with Crippen molar-refractivity contribution in [3.05, 3.63) is 52.4 Å². The number of hydrogen-bond acceptors (Lipinski definition) is 6. The topological polar surface area (TPSA) is 80.2 Å². The summed E-state index contributed by atoms with van der Waals surface area (Å²) in [6.07, 6.45) is 5.10. The van der Waals surface area contributed by atoms with Crippen LogP contribution in [0.1, 0.15) is 30.9 Å². The number of nitrogens with zero attached hydrogens (tertiary/aromatic N) is 1. The molecule has 29 heavy (non-hydrogen) atoms. The number of aryl methyl sites for hydroxylation is 1. The molecule has 7 heteroatoms. The van der Waals surface area contributed by atoms with E-state index in [-0.39, 0.29) is 23.2 Å². The van der Waals surface area contributed by atoms with Crippen molar-refractivity contribution in [2.45, 2.75) is 26.2 Å². The number of aromatic hydroxyl groups is 1. The molecule has 1 aliphatic rings. The van der Waals surface area contributed by atoms with Crippen molar-refractivity contribution in [3.63, 3.8) is 0 Å². The molecule has 2 N–H and O–H groups in total. The van der Waals surface area contributed by atoms with Crippen molar-refractivity contribution >= 4 is 34.6 Å². The van der Waals surface area contributed by atoms with Crippen LogP contribution < -0.4 is 14.8 Å². The van der Waals surface area contributed by atoms with Crippen LogP contribution in [0.25, 0.3) is 6.08 Å². The van der Waals surface area contributed by atoms with Gasteiger partial charge in [-0.3, -0.25) is 4.79 Å². The van der Waals surface area contributed by atoms with Gasteiger partial charge in [0.25, 0.3) is 5.91 Å². The molecule has 6 nitrogen and oxygen atoms in total. The Balaban J connectivity index is 1.79. The number of rotatable bonds is 7. The Morgan fingerprint density at radius 2 is 1.79 bits per heavy atom. The first kappa shape index (κ1) is 20.8. The van der Waals surface area contributed by atoms with Gasteiger partial charge in [-0.1, -0.05) is 25.5 Å². The summed E-state index contributed by atoms with van der Waals surface area (Å²) in [5, 5.41) is 13.3. The molecule has 2 aromatic rings. The van der Waals surface area contributed by atoms with Gasteiger partial charge < -0.3 is 19.9 Å². The molecule has 152 valence electrons. The average Bonchev–Trinajstić information content (AvgIpc) is 3.07. The van der Waals surface area contributed by atoms with Gasteiger partial charge in [-0.25, -0.2) is 4.99 Å². The third-order valence-corrected chi connectivity index (χ3v) is 5.35. The van der Waals surface area contributed by atoms with Crippen molar-refractivity contribution in [2.75, 3.05) is 14.2 Å². The lowest BCUT2D eigenvalue weighted by Gasteiger charge is -2.09. The molecule has 2 aromatic carbocycles. The number of nitrogens with one attached hydrogen (secondary N) is 1. The molecule has 3 rings (SSSR count). The number of phenolic OH excluding ortho intramolecular Hbond substituents is 1. The van der Waals surface area contributed by atoms with Crippen LogP contribution in [0.5, 0.6) is 17.2 Å². The number of unbranched alkanes of at least 4 members (excludes halogenated alkanes) is 1. The summed E-state index contributed by atoms with van der Waals surface area (Å²) < 4.78 is 10.3. The molecule has 1 saturated heterocycles. The first-order valence-corrected chi connectivity index (χ1v) is 10.2. The predicted molar refractivity (Wildman–Crippen MR) is 117 cm³/mol. The molecule has 0 bridgehead atoms. The van der Waals surface area contributed by atoms with Crippen LogP contribution in [0.15, 0.2) is 46.3 Å². The van der Waals surface area contributed by atoms with E-state index in [2.05, 4.69) is 29.4 Å². The zero-order valence-electron chi connectivity index (χ0n) is 16.7. The normalized spacial score (nSPS) is 16.3. The van der Waals surface area contributed by atoms with Gasteiger partial charge in [0.15, 0.2) is 16.7 Å². The predicted octanol–water partition coefficient (Wildman–Crippen LogP) is 4.64. The first-order chi connectivity index (χ1) is 14.0. The Bertz CT molecular complexity index is 927. The Morgan fingerprint density at radius 1 is 1.14 bits per heavy atom. The monoisotopic (exact) mass is 412 g/mol. The summed E-state index contributed by atoms with van der Waals surface area (Å²) in [7, 11) is 2.92. The van der Waals surface area contributed by atoms with Gasteiger partial charge >= 0.3 is 0 Å². The molecule has 0 aliphatic carbocycles. The fourth-order valence-electron chi connectivity index (χ4n) is 2.86. The number of amides is 1. The number of ether oxygens (including phenoxy) is 2. The van der Waals surface area contributed by atoms with E-state index in [1.54, 1.807) is 18.2 Å². The second kappa shape index (κ2) is 9.52. The number of carbonyl (C=O) groups excluding carboxylic acids is 1. The van der Waals surface area contributed by atoms with Gasteiger partial charge in [0.2, 0.25) is 5.75 Å². The number of methoxy groups -OCH3 is 2. The largest absolute Gasteiger partial charge is 0.502 e. The lowest BCUT2D eigenvalue weighted by Crippen LogP contribution is -2.19. The Morgan fingerprint density at radius 3 is 2.38 bits per heavy atom. The van der Waals surface area contributed by atoms with Gasteiger partial charge in [-0.05, 0) is 66.1 Å². The van der Waals surface area contributed by atoms with Crippen molar-refractivity contribution in [3.8, 4) is 17.2 Å². The third kappa shape index (κ3) is 5.12. The Hall–Kier alpha value is -2.93. The summed E-state index contributed by atoms with van der Waals surface area (Å²) in [5.41, 5.74) is 2.76. The van der Waals surface area contributed by atoms with Gasteiger partial charge in [0.1, 0.15) is 0 Å². The lowest BCUT2D eigenvalue weighted by molar-refractivity contribution is -0.115. The van der Waals surface area contributed by atoms with Gasteiger partial charge in [0, 0.05) is 0 Å². The van der Waals surface area contributed by atoms with Gasteiger partial charge in [0.05, 0.1) is 24.8 Å². The number of thioether (sulfide) groups is 1. The van der Waals surface area contributed by atoms with Crippen LogP contribution in [0.2, 0.25) is 0 Å². The first-order valence-electron chi connectivity index (χ1n) is 9.37. The fourth-order valence-corrected chi connectivity index (χ4v) is 3.71. The van der Waals surface area contributed by atoms with Crippen LogP contribution in [0.4, 0.5) is 5.69 Å². The molecule has 0 aromatic heterocycles. The molecular weight excluding hydrogens is 388 g/mol. The molecule has 0 unspecified atom stereocenters.